The van der Waals surface area contributed by atoms with Crippen molar-refractivity contribution in [1.82, 2.24) is 15.5 Å². The van der Waals surface area contributed by atoms with Crippen molar-refractivity contribution in [2.45, 2.75) is 24.7 Å². The van der Waals surface area contributed by atoms with Crippen LogP contribution in [0, 0.1) is 5.92 Å². The van der Waals surface area contributed by atoms with Crippen LogP contribution in [0.2, 0.25) is 5.02 Å². The summed E-state index contributed by atoms with van der Waals surface area (Å²) in [7, 11) is 0. The van der Waals surface area contributed by atoms with Gasteiger partial charge in [-0.15, -0.1) is 10.2 Å². The van der Waals surface area contributed by atoms with Crippen molar-refractivity contribution in [3.63, 3.8) is 0 Å². The number of carbonyl (C=O) groups is 1. The van der Waals surface area contributed by atoms with Crippen LogP contribution in [0.1, 0.15) is 19.4 Å². The molecule has 2 rings (SSSR count). The molecule has 0 aliphatic rings. The number of anilines is 1. The van der Waals surface area contributed by atoms with Gasteiger partial charge in [0.1, 0.15) is 0 Å². The smallest absolute Gasteiger partial charge is 0.230 e. The Morgan fingerprint density at radius 2 is 2.04 bits per heavy atom. The maximum atomic E-state index is 11.9. The van der Waals surface area contributed by atoms with Crippen LogP contribution in [0.25, 0.3) is 0 Å². The highest BCUT2D eigenvalue weighted by molar-refractivity contribution is 8.01. The van der Waals surface area contributed by atoms with E-state index in [2.05, 4.69) is 34.7 Å². The number of nitrogens with zero attached hydrogens (tertiary/aromatic N) is 2. The average Bonchev–Trinajstić information content (AvgIpc) is 2.98. The summed E-state index contributed by atoms with van der Waals surface area (Å²) in [4.78, 5) is 11.9. The molecule has 0 spiro atoms. The highest BCUT2D eigenvalue weighted by Crippen LogP contribution is 2.25. The van der Waals surface area contributed by atoms with Gasteiger partial charge in [0.05, 0.1) is 5.75 Å². The monoisotopic (exact) mass is 370 g/mol. The molecule has 0 radical (unpaired) electrons. The van der Waals surface area contributed by atoms with Gasteiger partial charge in [0, 0.05) is 18.1 Å². The Morgan fingerprint density at radius 1 is 1.30 bits per heavy atom. The van der Waals surface area contributed by atoms with E-state index in [1.165, 1.54) is 23.1 Å². The van der Waals surface area contributed by atoms with E-state index in [4.69, 9.17) is 11.6 Å². The molecule has 124 valence electrons. The normalized spacial score (nSPS) is 10.8. The van der Waals surface area contributed by atoms with Crippen molar-refractivity contribution in [3.05, 3.63) is 34.9 Å². The first kappa shape index (κ1) is 18.0. The van der Waals surface area contributed by atoms with Gasteiger partial charge in [-0.2, -0.15) is 0 Å². The topological polar surface area (TPSA) is 66.9 Å². The summed E-state index contributed by atoms with van der Waals surface area (Å²) in [5, 5.41) is 15.7. The molecule has 0 atom stereocenters. The second-order valence-corrected chi connectivity index (χ2v) is 7.98. The fourth-order valence-electron chi connectivity index (χ4n) is 1.61. The van der Waals surface area contributed by atoms with Crippen LogP contribution in [0.3, 0.4) is 0 Å². The summed E-state index contributed by atoms with van der Waals surface area (Å²) < 4.78 is 0.790. The first-order valence-corrected chi connectivity index (χ1v) is 9.42. The summed E-state index contributed by atoms with van der Waals surface area (Å²) in [6.45, 7) is 5.62. The molecule has 0 aliphatic heterocycles. The third kappa shape index (κ3) is 6.76. The van der Waals surface area contributed by atoms with Crippen molar-refractivity contribution < 1.29 is 4.79 Å². The molecule has 0 unspecified atom stereocenters. The van der Waals surface area contributed by atoms with Gasteiger partial charge in [0.15, 0.2) is 4.34 Å². The summed E-state index contributed by atoms with van der Waals surface area (Å²) in [6.07, 6.45) is 0. The Balaban J connectivity index is 1.70. The lowest BCUT2D eigenvalue weighted by atomic mass is 10.2. The molecule has 1 heterocycles. The fourth-order valence-corrected chi connectivity index (χ4v) is 3.33. The van der Waals surface area contributed by atoms with Crippen LogP contribution in [0.5, 0.6) is 0 Å². The van der Waals surface area contributed by atoms with E-state index in [0.717, 1.165) is 21.6 Å². The molecule has 0 fully saturated rings. The highest BCUT2D eigenvalue weighted by Gasteiger charge is 2.08. The molecule has 0 bridgehead atoms. The molecule has 1 aromatic carbocycles. The SMILES string of the molecule is CC(C)CNc1nnc(SCC(=O)NCc2ccc(Cl)cc2)s1. The molecule has 2 N–H and O–H groups in total. The molecular weight excluding hydrogens is 352 g/mol. The molecule has 23 heavy (non-hydrogen) atoms. The van der Waals surface area contributed by atoms with Crippen molar-refractivity contribution in [2.75, 3.05) is 17.6 Å². The van der Waals surface area contributed by atoms with E-state index in [9.17, 15) is 4.79 Å². The van der Waals surface area contributed by atoms with Gasteiger partial charge in [-0.1, -0.05) is 60.7 Å². The highest BCUT2D eigenvalue weighted by atomic mass is 35.5. The number of carbonyl (C=O) groups excluding carboxylic acids is 1. The lowest BCUT2D eigenvalue weighted by molar-refractivity contribution is -0.118. The maximum Gasteiger partial charge on any atom is 0.230 e. The van der Waals surface area contributed by atoms with Crippen LogP contribution >= 0.6 is 34.7 Å². The maximum absolute atomic E-state index is 11.9. The van der Waals surface area contributed by atoms with Crippen molar-refractivity contribution in [3.8, 4) is 0 Å². The summed E-state index contributed by atoms with van der Waals surface area (Å²) in [6, 6.07) is 7.41. The number of amides is 1. The van der Waals surface area contributed by atoms with Gasteiger partial charge < -0.3 is 10.6 Å². The predicted molar refractivity (Wildman–Crippen MR) is 97.3 cm³/mol. The van der Waals surface area contributed by atoms with Gasteiger partial charge in [0.2, 0.25) is 11.0 Å². The van der Waals surface area contributed by atoms with E-state index in [1.807, 2.05) is 24.3 Å². The number of halogens is 1. The zero-order chi connectivity index (χ0) is 16.7. The van der Waals surface area contributed by atoms with Crippen LogP contribution < -0.4 is 10.6 Å². The van der Waals surface area contributed by atoms with Gasteiger partial charge in [-0.3, -0.25) is 4.79 Å². The van der Waals surface area contributed by atoms with Crippen molar-refractivity contribution in [2.24, 2.45) is 5.92 Å². The number of rotatable bonds is 8. The molecular formula is C15H19ClN4OS2. The number of benzene rings is 1. The van der Waals surface area contributed by atoms with E-state index < -0.39 is 0 Å². The summed E-state index contributed by atoms with van der Waals surface area (Å²) >= 11 is 8.69. The number of aromatic nitrogens is 2. The first-order chi connectivity index (χ1) is 11.0. The molecule has 0 aliphatic carbocycles. The van der Waals surface area contributed by atoms with E-state index in [-0.39, 0.29) is 5.91 Å². The molecule has 1 amide bonds. The Bertz CT molecular complexity index is 631. The summed E-state index contributed by atoms with van der Waals surface area (Å²) in [5.74, 6) is 0.845. The van der Waals surface area contributed by atoms with Gasteiger partial charge >= 0.3 is 0 Å². The minimum Gasteiger partial charge on any atom is -0.360 e. The third-order valence-corrected chi connectivity index (χ3v) is 5.06. The lowest BCUT2D eigenvalue weighted by Crippen LogP contribution is -2.24. The van der Waals surface area contributed by atoms with Gasteiger partial charge in [0.25, 0.3) is 0 Å². The zero-order valence-electron chi connectivity index (χ0n) is 13.0. The van der Waals surface area contributed by atoms with E-state index >= 15 is 0 Å². The summed E-state index contributed by atoms with van der Waals surface area (Å²) in [5.41, 5.74) is 1.02. The lowest BCUT2D eigenvalue weighted by Gasteiger charge is -2.04. The Kier molecular flexibility index (Phi) is 7.14. The number of nitrogens with one attached hydrogen (secondary N) is 2. The minimum absolute atomic E-state index is 0.0307. The third-order valence-electron chi connectivity index (χ3n) is 2.80. The Hall–Kier alpha value is -1.31. The van der Waals surface area contributed by atoms with Crippen molar-refractivity contribution >= 4 is 45.7 Å². The predicted octanol–water partition coefficient (Wildman–Crippen LogP) is 3.67. The molecule has 0 saturated carbocycles. The standard InChI is InChI=1S/C15H19ClN4OS2/c1-10(2)7-18-14-19-20-15(23-14)22-9-13(21)17-8-11-3-5-12(16)6-4-11/h3-6,10H,7-9H2,1-2H3,(H,17,21)(H,18,19). The van der Waals surface area contributed by atoms with Crippen LogP contribution in [0.4, 0.5) is 5.13 Å². The largest absolute Gasteiger partial charge is 0.360 e. The minimum atomic E-state index is -0.0307. The zero-order valence-corrected chi connectivity index (χ0v) is 15.4. The van der Waals surface area contributed by atoms with Crippen LogP contribution in [0.15, 0.2) is 28.6 Å². The van der Waals surface area contributed by atoms with Crippen molar-refractivity contribution in [1.29, 1.82) is 0 Å². The second-order valence-electron chi connectivity index (χ2n) is 5.34. The molecule has 0 saturated heterocycles. The molecule has 2 aromatic rings. The number of hydrogen-bond acceptors (Lipinski definition) is 6. The average molecular weight is 371 g/mol. The first-order valence-electron chi connectivity index (χ1n) is 7.24. The molecule has 8 heteroatoms. The fraction of sp³-hybridized carbons (Fsp3) is 0.400. The molecule has 1 aromatic heterocycles. The van der Waals surface area contributed by atoms with Crippen LogP contribution in [-0.4, -0.2) is 28.4 Å². The van der Waals surface area contributed by atoms with Crippen LogP contribution in [-0.2, 0) is 11.3 Å². The van der Waals surface area contributed by atoms with E-state index in [0.29, 0.717) is 23.2 Å². The number of hydrogen-bond donors (Lipinski definition) is 2. The number of thioether (sulfide) groups is 1. The second kappa shape index (κ2) is 9.10. The quantitative estimate of drug-likeness (QED) is 0.694. The van der Waals surface area contributed by atoms with Gasteiger partial charge in [-0.25, -0.2) is 0 Å². The van der Waals surface area contributed by atoms with Gasteiger partial charge in [-0.05, 0) is 23.6 Å². The van der Waals surface area contributed by atoms with E-state index in [1.54, 1.807) is 0 Å². The Labute approximate surface area is 149 Å². The molecule has 5 nitrogen and oxygen atoms in total. The Morgan fingerprint density at radius 3 is 2.74 bits per heavy atom.